The van der Waals surface area contributed by atoms with Crippen LogP contribution in [0.5, 0.6) is 0 Å². The average Bonchev–Trinajstić information content (AvgIpc) is 2.99. The second-order valence-corrected chi connectivity index (χ2v) is 14.1. The van der Waals surface area contributed by atoms with Gasteiger partial charge in [0.25, 0.3) is 0 Å². The quantitative estimate of drug-likeness (QED) is 0.0512. The van der Waals surface area contributed by atoms with Crippen molar-refractivity contribution in [1.82, 2.24) is 0 Å². The standard InChI is InChI=1S/C40H84N/c1-5-9-13-14-15-16-17-18-19-20-21-22-23-24-25-26-27-28-29-30-31-32-33-34-35-36-40-41(37-10-6-2,38-11-7-3)39-12-8-4/h5-40H2,1-4H3/q+1. The molecule has 0 atom stereocenters. The highest BCUT2D eigenvalue weighted by atomic mass is 15.3. The molecule has 0 aliphatic carbocycles. The van der Waals surface area contributed by atoms with Crippen molar-refractivity contribution in [3.8, 4) is 0 Å². The first-order valence-corrected chi connectivity index (χ1v) is 20.1. The molecule has 0 aliphatic rings. The van der Waals surface area contributed by atoms with Crippen LogP contribution in [-0.4, -0.2) is 30.7 Å². The van der Waals surface area contributed by atoms with E-state index in [0.717, 1.165) is 0 Å². The number of hydrogen-bond acceptors (Lipinski definition) is 0. The Morgan fingerprint density at radius 3 is 0.585 bits per heavy atom. The lowest BCUT2D eigenvalue weighted by molar-refractivity contribution is -0.929. The predicted octanol–water partition coefficient (Wildman–Crippen LogP) is 14.4. The zero-order valence-electron chi connectivity index (χ0n) is 29.9. The van der Waals surface area contributed by atoms with E-state index in [9.17, 15) is 0 Å². The normalized spacial score (nSPS) is 12.0. The molecular formula is C40H84N+. The van der Waals surface area contributed by atoms with Gasteiger partial charge in [0.1, 0.15) is 0 Å². The Morgan fingerprint density at radius 1 is 0.195 bits per heavy atom. The van der Waals surface area contributed by atoms with Gasteiger partial charge >= 0.3 is 0 Å². The van der Waals surface area contributed by atoms with Crippen LogP contribution in [0.2, 0.25) is 0 Å². The molecule has 0 N–H and O–H groups in total. The monoisotopic (exact) mass is 579 g/mol. The first-order valence-electron chi connectivity index (χ1n) is 20.1. The Balaban J connectivity index is 3.44. The summed E-state index contributed by atoms with van der Waals surface area (Å²) in [5.41, 5.74) is 0. The van der Waals surface area contributed by atoms with Gasteiger partial charge in [-0.25, -0.2) is 0 Å². The minimum atomic E-state index is 1.36. The van der Waals surface area contributed by atoms with Crippen LogP contribution in [0.1, 0.15) is 233 Å². The molecule has 0 aliphatic heterocycles. The molecule has 1 nitrogen and oxygen atoms in total. The molecule has 0 aromatic carbocycles. The van der Waals surface area contributed by atoms with E-state index in [4.69, 9.17) is 0 Å². The van der Waals surface area contributed by atoms with E-state index in [2.05, 4.69) is 27.7 Å². The van der Waals surface area contributed by atoms with Gasteiger partial charge in [-0.15, -0.1) is 0 Å². The Bertz CT molecular complexity index is 436. The van der Waals surface area contributed by atoms with Crippen LogP contribution in [0.4, 0.5) is 0 Å². The summed E-state index contributed by atoms with van der Waals surface area (Å²) < 4.78 is 1.44. The van der Waals surface area contributed by atoms with Crippen LogP contribution in [0.25, 0.3) is 0 Å². The molecule has 0 saturated carbocycles. The SMILES string of the molecule is CCCCCCCCCCCCCCCCCCCCCCCCCCCC[N+](CCCC)(CCCC)CCCC. The predicted molar refractivity (Wildman–Crippen MR) is 190 cm³/mol. The molecule has 0 aromatic rings. The number of quaternary nitrogens is 1. The van der Waals surface area contributed by atoms with Gasteiger partial charge < -0.3 is 4.48 Å². The summed E-state index contributed by atoms with van der Waals surface area (Å²) in [6.45, 7) is 15.2. The van der Waals surface area contributed by atoms with Crippen molar-refractivity contribution in [3.63, 3.8) is 0 Å². The minimum absolute atomic E-state index is 1.36. The fourth-order valence-electron chi connectivity index (χ4n) is 6.91. The highest BCUT2D eigenvalue weighted by Crippen LogP contribution is 2.19. The van der Waals surface area contributed by atoms with Crippen LogP contribution >= 0.6 is 0 Å². The first kappa shape index (κ1) is 41.0. The van der Waals surface area contributed by atoms with E-state index in [1.54, 1.807) is 0 Å². The zero-order valence-corrected chi connectivity index (χ0v) is 29.9. The van der Waals surface area contributed by atoms with Crippen LogP contribution in [0.3, 0.4) is 0 Å². The number of rotatable bonds is 36. The molecule has 0 heterocycles. The Hall–Kier alpha value is -0.0400. The van der Waals surface area contributed by atoms with Crippen molar-refractivity contribution in [1.29, 1.82) is 0 Å². The first-order chi connectivity index (χ1) is 20.2. The van der Waals surface area contributed by atoms with Gasteiger partial charge in [-0.3, -0.25) is 0 Å². The summed E-state index contributed by atoms with van der Waals surface area (Å²) in [5, 5.41) is 0. The zero-order chi connectivity index (χ0) is 30.0. The smallest absolute Gasteiger partial charge is 0.0786 e. The molecule has 0 radical (unpaired) electrons. The third kappa shape index (κ3) is 29.8. The summed E-state index contributed by atoms with van der Waals surface area (Å²) in [6, 6.07) is 0. The number of nitrogens with zero attached hydrogens (tertiary/aromatic N) is 1. The molecule has 41 heavy (non-hydrogen) atoms. The molecule has 1 heteroatoms. The molecule has 0 rings (SSSR count). The maximum Gasteiger partial charge on any atom is 0.0786 e. The van der Waals surface area contributed by atoms with Crippen LogP contribution in [-0.2, 0) is 0 Å². The third-order valence-electron chi connectivity index (χ3n) is 9.94. The van der Waals surface area contributed by atoms with Crippen LogP contribution < -0.4 is 0 Å². The summed E-state index contributed by atoms with van der Waals surface area (Å²) in [7, 11) is 0. The van der Waals surface area contributed by atoms with Crippen molar-refractivity contribution in [2.24, 2.45) is 0 Å². The lowest BCUT2D eigenvalue weighted by atomic mass is 10.0. The van der Waals surface area contributed by atoms with Gasteiger partial charge in [-0.1, -0.05) is 201 Å². The highest BCUT2D eigenvalue weighted by Gasteiger charge is 2.25. The summed E-state index contributed by atoms with van der Waals surface area (Å²) in [4.78, 5) is 0. The molecule has 248 valence electrons. The summed E-state index contributed by atoms with van der Waals surface area (Å²) in [5.74, 6) is 0. The summed E-state index contributed by atoms with van der Waals surface area (Å²) >= 11 is 0. The topological polar surface area (TPSA) is 0 Å². The van der Waals surface area contributed by atoms with Crippen molar-refractivity contribution >= 4 is 0 Å². The molecule has 0 saturated heterocycles. The Labute approximate surface area is 263 Å². The number of hydrogen-bond donors (Lipinski definition) is 0. The van der Waals surface area contributed by atoms with Crippen molar-refractivity contribution in [3.05, 3.63) is 0 Å². The van der Waals surface area contributed by atoms with E-state index < -0.39 is 0 Å². The van der Waals surface area contributed by atoms with Crippen molar-refractivity contribution in [2.75, 3.05) is 26.2 Å². The maximum absolute atomic E-state index is 2.37. The van der Waals surface area contributed by atoms with E-state index in [1.807, 2.05) is 0 Å². The lowest BCUT2D eigenvalue weighted by Gasteiger charge is -2.39. The van der Waals surface area contributed by atoms with E-state index in [0.29, 0.717) is 0 Å². The molecule has 0 unspecified atom stereocenters. The lowest BCUT2D eigenvalue weighted by Crippen LogP contribution is -2.50. The average molecular weight is 579 g/mol. The second-order valence-electron chi connectivity index (χ2n) is 14.1. The minimum Gasteiger partial charge on any atom is -0.324 e. The largest absolute Gasteiger partial charge is 0.324 e. The van der Waals surface area contributed by atoms with Crippen molar-refractivity contribution in [2.45, 2.75) is 233 Å². The van der Waals surface area contributed by atoms with Gasteiger partial charge in [-0.2, -0.15) is 0 Å². The highest BCUT2D eigenvalue weighted by molar-refractivity contribution is 4.54. The third-order valence-corrected chi connectivity index (χ3v) is 9.94. The van der Waals surface area contributed by atoms with Gasteiger partial charge in [0.15, 0.2) is 0 Å². The van der Waals surface area contributed by atoms with Crippen LogP contribution in [0.15, 0.2) is 0 Å². The van der Waals surface area contributed by atoms with Gasteiger partial charge in [0.05, 0.1) is 26.2 Å². The van der Waals surface area contributed by atoms with E-state index in [1.165, 1.54) is 236 Å². The van der Waals surface area contributed by atoms with E-state index >= 15 is 0 Å². The van der Waals surface area contributed by atoms with Gasteiger partial charge in [0, 0.05) is 0 Å². The Kier molecular flexibility index (Phi) is 34.4. The Morgan fingerprint density at radius 2 is 0.366 bits per heavy atom. The van der Waals surface area contributed by atoms with Crippen molar-refractivity contribution < 1.29 is 4.48 Å². The number of unbranched alkanes of at least 4 members (excludes halogenated alkanes) is 28. The molecule has 0 bridgehead atoms. The molecule has 0 spiro atoms. The molecular weight excluding hydrogens is 494 g/mol. The van der Waals surface area contributed by atoms with Gasteiger partial charge in [-0.05, 0) is 32.1 Å². The fraction of sp³-hybridized carbons (Fsp3) is 1.00. The molecule has 0 aromatic heterocycles. The fourth-order valence-corrected chi connectivity index (χ4v) is 6.91. The van der Waals surface area contributed by atoms with E-state index in [-0.39, 0.29) is 0 Å². The van der Waals surface area contributed by atoms with Crippen LogP contribution in [0, 0.1) is 0 Å². The second kappa shape index (κ2) is 34.5. The molecule has 0 amide bonds. The summed E-state index contributed by atoms with van der Waals surface area (Å²) in [6.07, 6.45) is 46.9. The maximum atomic E-state index is 2.37. The van der Waals surface area contributed by atoms with Gasteiger partial charge in [0.2, 0.25) is 0 Å². The molecule has 0 fully saturated rings.